The molecule has 0 aliphatic carbocycles. The Hall–Kier alpha value is -3.11. The molecule has 1 aliphatic heterocycles. The van der Waals surface area contributed by atoms with Crippen LogP contribution in [0.5, 0.6) is 0 Å². The highest BCUT2D eigenvalue weighted by Crippen LogP contribution is 2.32. The van der Waals surface area contributed by atoms with Gasteiger partial charge in [0.25, 0.3) is 0 Å². The maximum absolute atomic E-state index is 13.6. The number of amides is 2. The van der Waals surface area contributed by atoms with Crippen LogP contribution >= 0.6 is 0 Å². The molecule has 7 heteroatoms. The third-order valence-electron chi connectivity index (χ3n) is 6.18. The van der Waals surface area contributed by atoms with Crippen molar-refractivity contribution >= 4 is 11.8 Å². The number of terminal acetylenes is 1. The molecule has 0 unspecified atom stereocenters. The van der Waals surface area contributed by atoms with Crippen LogP contribution in [0.15, 0.2) is 34.9 Å². The van der Waals surface area contributed by atoms with Crippen LogP contribution in [-0.2, 0) is 9.59 Å². The first-order valence-electron chi connectivity index (χ1n) is 11.4. The molecule has 3 rings (SSSR count). The Kier molecular flexibility index (Phi) is 7.60. The summed E-state index contributed by atoms with van der Waals surface area (Å²) >= 11 is 0. The maximum atomic E-state index is 13.6. The van der Waals surface area contributed by atoms with Gasteiger partial charge in [-0.2, -0.15) is 0 Å². The fraction of sp³-hybridized carbons (Fsp3) is 0.500. The molecule has 2 amide bonds. The predicted molar refractivity (Wildman–Crippen MR) is 125 cm³/mol. The van der Waals surface area contributed by atoms with E-state index in [1.54, 1.807) is 0 Å². The summed E-state index contributed by atoms with van der Waals surface area (Å²) in [5, 5.41) is 17.4. The van der Waals surface area contributed by atoms with Gasteiger partial charge in [0, 0.05) is 24.6 Å². The molecule has 2 aromatic rings. The van der Waals surface area contributed by atoms with Crippen molar-refractivity contribution in [3.8, 4) is 12.3 Å². The molecule has 7 nitrogen and oxygen atoms in total. The fourth-order valence-corrected chi connectivity index (χ4v) is 4.20. The number of benzene rings is 1. The summed E-state index contributed by atoms with van der Waals surface area (Å²) in [6.07, 6.45) is 4.84. The van der Waals surface area contributed by atoms with Crippen molar-refractivity contribution in [3.63, 3.8) is 0 Å². The first-order chi connectivity index (χ1) is 15.6. The van der Waals surface area contributed by atoms with Gasteiger partial charge in [0.2, 0.25) is 11.8 Å². The molecular weight excluding hydrogens is 418 g/mol. The number of β-amino-alcohol motifs (C(OH)–C–C–N with tert-alkyl or cyclic N) is 1. The van der Waals surface area contributed by atoms with Crippen molar-refractivity contribution in [3.05, 3.63) is 52.9 Å². The Labute approximate surface area is 195 Å². The highest BCUT2D eigenvalue weighted by Gasteiger charge is 2.43. The fourth-order valence-electron chi connectivity index (χ4n) is 4.20. The average Bonchev–Trinajstić information content (AvgIpc) is 3.41. The van der Waals surface area contributed by atoms with Crippen LogP contribution in [0.1, 0.15) is 81.5 Å². The number of nitrogens with zero attached hydrogens (tertiary/aromatic N) is 2. The Morgan fingerprint density at radius 2 is 1.88 bits per heavy atom. The molecule has 1 saturated heterocycles. The summed E-state index contributed by atoms with van der Waals surface area (Å²) in [5.41, 5.74) is 2.45. The number of likely N-dealkylation sites (tertiary alicyclic amines) is 1. The second kappa shape index (κ2) is 10.2. The van der Waals surface area contributed by atoms with Gasteiger partial charge >= 0.3 is 0 Å². The number of carbonyl (C=O) groups is 2. The van der Waals surface area contributed by atoms with Gasteiger partial charge in [-0.15, -0.1) is 6.42 Å². The van der Waals surface area contributed by atoms with Crippen LogP contribution in [0.2, 0.25) is 0 Å². The molecule has 4 atom stereocenters. The second-order valence-electron chi connectivity index (χ2n) is 9.42. The first kappa shape index (κ1) is 24.5. The number of nitrogens with one attached hydrogen (secondary N) is 1. The summed E-state index contributed by atoms with van der Waals surface area (Å²) in [4.78, 5) is 28.2. The third kappa shape index (κ3) is 5.45. The van der Waals surface area contributed by atoms with E-state index in [1.807, 2.05) is 65.0 Å². The molecule has 1 aromatic carbocycles. The molecule has 1 aliphatic rings. The van der Waals surface area contributed by atoms with Crippen LogP contribution in [0.4, 0.5) is 0 Å². The highest BCUT2D eigenvalue weighted by molar-refractivity contribution is 5.91. The van der Waals surface area contributed by atoms with Crippen molar-refractivity contribution in [2.24, 2.45) is 5.92 Å². The van der Waals surface area contributed by atoms with Crippen molar-refractivity contribution in [2.75, 3.05) is 6.54 Å². The summed E-state index contributed by atoms with van der Waals surface area (Å²) in [7, 11) is 0. The normalized spacial score (nSPS) is 20.0. The molecule has 33 heavy (non-hydrogen) atoms. The summed E-state index contributed by atoms with van der Waals surface area (Å²) in [6, 6.07) is 8.18. The van der Waals surface area contributed by atoms with E-state index in [2.05, 4.69) is 16.4 Å². The second-order valence-corrected chi connectivity index (χ2v) is 9.42. The number of aromatic nitrogens is 1. The molecule has 0 bridgehead atoms. The topological polar surface area (TPSA) is 95.7 Å². The lowest BCUT2D eigenvalue weighted by molar-refractivity contribution is -0.141. The molecule has 0 radical (unpaired) electrons. The van der Waals surface area contributed by atoms with Crippen molar-refractivity contribution in [1.82, 2.24) is 15.4 Å². The van der Waals surface area contributed by atoms with Crippen molar-refractivity contribution in [2.45, 2.75) is 71.1 Å². The zero-order chi connectivity index (χ0) is 24.3. The monoisotopic (exact) mass is 451 g/mol. The van der Waals surface area contributed by atoms with Crippen LogP contribution in [0.3, 0.4) is 0 Å². The first-order valence-corrected chi connectivity index (χ1v) is 11.4. The summed E-state index contributed by atoms with van der Waals surface area (Å²) in [6.45, 7) is 9.86. The Balaban J connectivity index is 1.78. The molecule has 1 aromatic heterocycles. The van der Waals surface area contributed by atoms with E-state index >= 15 is 0 Å². The predicted octanol–water partition coefficient (Wildman–Crippen LogP) is 3.36. The lowest BCUT2D eigenvalue weighted by Gasteiger charge is -2.29. The Bertz CT molecular complexity index is 1020. The highest BCUT2D eigenvalue weighted by atomic mass is 16.5. The largest absolute Gasteiger partial charge is 0.391 e. The van der Waals surface area contributed by atoms with Gasteiger partial charge in [-0.3, -0.25) is 9.59 Å². The maximum Gasteiger partial charge on any atom is 0.243 e. The number of hydrogen-bond acceptors (Lipinski definition) is 5. The zero-order valence-electron chi connectivity index (χ0n) is 19.9. The number of hydrogen-bond donors (Lipinski definition) is 2. The number of aliphatic hydroxyl groups is 1. The minimum Gasteiger partial charge on any atom is -0.391 e. The third-order valence-corrected chi connectivity index (χ3v) is 6.18. The quantitative estimate of drug-likeness (QED) is 0.630. The molecule has 2 heterocycles. The van der Waals surface area contributed by atoms with Gasteiger partial charge in [-0.1, -0.05) is 50.9 Å². The van der Waals surface area contributed by atoms with Crippen molar-refractivity contribution in [1.29, 1.82) is 0 Å². The molecule has 1 fully saturated rings. The van der Waals surface area contributed by atoms with Gasteiger partial charge in [-0.25, -0.2) is 0 Å². The van der Waals surface area contributed by atoms with Gasteiger partial charge in [-0.05, 0) is 36.5 Å². The van der Waals surface area contributed by atoms with Crippen LogP contribution in [0, 0.1) is 18.3 Å². The van der Waals surface area contributed by atoms with E-state index in [0.29, 0.717) is 5.76 Å². The zero-order valence-corrected chi connectivity index (χ0v) is 19.9. The lowest BCUT2D eigenvalue weighted by Crippen LogP contribution is -2.48. The molecule has 2 N–H and O–H groups in total. The molecule has 0 spiro atoms. The number of aliphatic hydroxyl groups excluding tert-OH is 1. The van der Waals surface area contributed by atoms with Gasteiger partial charge in [0.15, 0.2) is 0 Å². The van der Waals surface area contributed by atoms with E-state index < -0.39 is 18.1 Å². The molecule has 176 valence electrons. The lowest BCUT2D eigenvalue weighted by atomic mass is 9.90. The standard InChI is InChI=1S/C26H33N3O4/c1-7-18-8-10-19(11-9-18)17(6)27-25(31)22-12-20(30)14-29(22)26(32)24(16(4)5)23-13-21(15(2)3)28-33-23/h1,8-11,13,15-17,20,22,24,30H,12,14H2,2-6H3,(H,27,31)/t17-,20+,22-,24-/m0/s1. The van der Waals surface area contributed by atoms with E-state index in [-0.39, 0.29) is 42.7 Å². The minimum absolute atomic E-state index is 0.0690. The average molecular weight is 452 g/mol. The van der Waals surface area contributed by atoms with Gasteiger partial charge in [0.05, 0.1) is 17.8 Å². The smallest absolute Gasteiger partial charge is 0.243 e. The van der Waals surface area contributed by atoms with E-state index in [9.17, 15) is 14.7 Å². The van der Waals surface area contributed by atoms with Crippen LogP contribution in [0.25, 0.3) is 0 Å². The van der Waals surface area contributed by atoms with Crippen LogP contribution < -0.4 is 5.32 Å². The number of carbonyl (C=O) groups excluding carboxylic acids is 2. The number of rotatable bonds is 7. The molecular formula is C26H33N3O4. The Morgan fingerprint density at radius 3 is 2.42 bits per heavy atom. The van der Waals surface area contributed by atoms with Gasteiger partial charge < -0.3 is 19.8 Å². The minimum atomic E-state index is -0.760. The SMILES string of the molecule is C#Cc1ccc([C@H](C)NC(=O)[C@@H]2C[C@@H](O)CN2C(=O)[C@H](c2cc(C(C)C)no2)C(C)C)cc1. The molecule has 0 saturated carbocycles. The van der Waals surface area contributed by atoms with E-state index in [1.165, 1.54) is 4.90 Å². The van der Waals surface area contributed by atoms with E-state index in [4.69, 9.17) is 10.9 Å². The van der Waals surface area contributed by atoms with Crippen molar-refractivity contribution < 1.29 is 19.2 Å². The van der Waals surface area contributed by atoms with Crippen LogP contribution in [-0.4, -0.2) is 45.7 Å². The Morgan fingerprint density at radius 1 is 1.21 bits per heavy atom. The summed E-state index contributed by atoms with van der Waals surface area (Å²) < 4.78 is 5.52. The van der Waals surface area contributed by atoms with E-state index in [0.717, 1.165) is 16.8 Å². The summed E-state index contributed by atoms with van der Waals surface area (Å²) in [5.74, 6) is 2.05. The van der Waals surface area contributed by atoms with Gasteiger partial charge in [0.1, 0.15) is 17.7 Å².